The molecule has 1 saturated heterocycles. The highest BCUT2D eigenvalue weighted by molar-refractivity contribution is 7.91. The highest BCUT2D eigenvalue weighted by Crippen LogP contribution is 2.23. The molecular formula is C20H21ClFNO4S. The fraction of sp³-hybridized carbons (Fsp3) is 0.350. The minimum absolute atomic E-state index is 0.0576. The number of aryl methyl sites for hydroxylation is 1. The average Bonchev–Trinajstić information content (AvgIpc) is 3.01. The quantitative estimate of drug-likeness (QED) is 0.711. The molecule has 0 N–H and O–H groups in total. The summed E-state index contributed by atoms with van der Waals surface area (Å²) in [6.45, 7) is 1.81. The first-order chi connectivity index (χ1) is 13.2. The van der Waals surface area contributed by atoms with Crippen molar-refractivity contribution >= 4 is 27.3 Å². The van der Waals surface area contributed by atoms with E-state index in [4.69, 9.17) is 16.3 Å². The third-order valence-electron chi connectivity index (χ3n) is 4.73. The summed E-state index contributed by atoms with van der Waals surface area (Å²) in [5, 5.41) is 0.604. The Hall–Kier alpha value is -2.12. The van der Waals surface area contributed by atoms with Crippen LogP contribution in [-0.4, -0.2) is 43.4 Å². The van der Waals surface area contributed by atoms with Crippen LogP contribution in [-0.2, 0) is 21.2 Å². The minimum Gasteiger partial charge on any atom is -0.484 e. The van der Waals surface area contributed by atoms with Crippen LogP contribution in [0.15, 0.2) is 42.5 Å². The predicted octanol–water partition coefficient (Wildman–Crippen LogP) is 3.38. The third kappa shape index (κ3) is 5.23. The zero-order valence-corrected chi connectivity index (χ0v) is 17.0. The summed E-state index contributed by atoms with van der Waals surface area (Å²) in [5.41, 5.74) is 1.55. The number of hydrogen-bond donors (Lipinski definition) is 0. The molecule has 0 radical (unpaired) electrons. The Morgan fingerprint density at radius 2 is 1.96 bits per heavy atom. The molecule has 28 heavy (non-hydrogen) atoms. The van der Waals surface area contributed by atoms with Gasteiger partial charge >= 0.3 is 0 Å². The number of halogens is 2. The topological polar surface area (TPSA) is 63.7 Å². The second-order valence-corrected chi connectivity index (χ2v) is 9.54. The number of amides is 1. The summed E-state index contributed by atoms with van der Waals surface area (Å²) in [7, 11) is -3.16. The second kappa shape index (κ2) is 8.49. The van der Waals surface area contributed by atoms with E-state index in [-0.39, 0.29) is 36.4 Å². The fourth-order valence-electron chi connectivity index (χ4n) is 3.16. The molecule has 8 heteroatoms. The number of carbonyl (C=O) groups excluding carboxylic acids is 1. The SMILES string of the molecule is Cc1cc(OCC(=O)N(Cc2ccc(F)cc2)[C@@H]2CCS(=O)(=O)C2)ccc1Cl. The van der Waals surface area contributed by atoms with Crippen molar-refractivity contribution < 1.29 is 22.3 Å². The van der Waals surface area contributed by atoms with Crippen LogP contribution in [0.3, 0.4) is 0 Å². The van der Waals surface area contributed by atoms with Gasteiger partial charge in [-0.2, -0.15) is 0 Å². The summed E-state index contributed by atoms with van der Waals surface area (Å²) in [6.07, 6.45) is 0.384. The van der Waals surface area contributed by atoms with Gasteiger partial charge in [0.25, 0.3) is 5.91 Å². The molecule has 5 nitrogen and oxygen atoms in total. The van der Waals surface area contributed by atoms with Gasteiger partial charge in [0.05, 0.1) is 11.5 Å². The Morgan fingerprint density at radius 3 is 2.57 bits per heavy atom. The van der Waals surface area contributed by atoms with E-state index < -0.39 is 15.9 Å². The van der Waals surface area contributed by atoms with Gasteiger partial charge in [-0.15, -0.1) is 0 Å². The smallest absolute Gasteiger partial charge is 0.261 e. The Bertz CT molecular complexity index is 963. The molecule has 1 aliphatic rings. The molecule has 1 atom stereocenters. The molecule has 0 aromatic heterocycles. The van der Waals surface area contributed by atoms with Crippen LogP contribution in [0.4, 0.5) is 4.39 Å². The van der Waals surface area contributed by atoms with Crippen LogP contribution in [0.5, 0.6) is 5.75 Å². The Balaban J connectivity index is 1.73. The zero-order valence-electron chi connectivity index (χ0n) is 15.4. The van der Waals surface area contributed by atoms with Gasteiger partial charge in [-0.3, -0.25) is 4.79 Å². The molecule has 3 rings (SSSR count). The lowest BCUT2D eigenvalue weighted by Gasteiger charge is -2.28. The van der Waals surface area contributed by atoms with Crippen molar-refractivity contribution in [2.45, 2.75) is 25.9 Å². The van der Waals surface area contributed by atoms with Gasteiger partial charge in [-0.1, -0.05) is 23.7 Å². The standard InChI is InChI=1S/C20H21ClFNO4S/c1-14-10-18(6-7-19(14)21)27-12-20(24)23(17-8-9-28(25,26)13-17)11-15-2-4-16(22)5-3-15/h2-7,10,17H,8-9,11-13H2,1H3/t17-/m1/s1. The molecule has 1 amide bonds. The third-order valence-corrected chi connectivity index (χ3v) is 6.90. The molecule has 0 spiro atoms. The van der Waals surface area contributed by atoms with Gasteiger partial charge in [-0.05, 0) is 54.8 Å². The lowest BCUT2D eigenvalue weighted by molar-refractivity contribution is -0.136. The van der Waals surface area contributed by atoms with E-state index in [1.54, 1.807) is 30.3 Å². The Morgan fingerprint density at radius 1 is 1.25 bits per heavy atom. The highest BCUT2D eigenvalue weighted by Gasteiger charge is 2.34. The highest BCUT2D eigenvalue weighted by atomic mass is 35.5. The number of ether oxygens (including phenoxy) is 1. The lowest BCUT2D eigenvalue weighted by Crippen LogP contribution is -2.43. The van der Waals surface area contributed by atoms with E-state index in [1.165, 1.54) is 17.0 Å². The first-order valence-electron chi connectivity index (χ1n) is 8.87. The Kier molecular flexibility index (Phi) is 6.25. The molecule has 2 aromatic carbocycles. The molecule has 1 fully saturated rings. The largest absolute Gasteiger partial charge is 0.484 e. The van der Waals surface area contributed by atoms with Crippen molar-refractivity contribution in [3.05, 3.63) is 64.4 Å². The van der Waals surface area contributed by atoms with Crippen molar-refractivity contribution in [1.82, 2.24) is 4.90 Å². The number of sulfone groups is 1. The van der Waals surface area contributed by atoms with Gasteiger partial charge in [-0.25, -0.2) is 12.8 Å². The van der Waals surface area contributed by atoms with Gasteiger partial charge < -0.3 is 9.64 Å². The van der Waals surface area contributed by atoms with Crippen molar-refractivity contribution in [1.29, 1.82) is 0 Å². The van der Waals surface area contributed by atoms with E-state index >= 15 is 0 Å². The number of hydrogen-bond acceptors (Lipinski definition) is 4. The van der Waals surface area contributed by atoms with E-state index in [2.05, 4.69) is 0 Å². The molecule has 0 bridgehead atoms. The zero-order chi connectivity index (χ0) is 20.3. The van der Waals surface area contributed by atoms with E-state index in [0.717, 1.165) is 11.1 Å². The molecular weight excluding hydrogens is 405 g/mol. The first kappa shape index (κ1) is 20.6. The molecule has 0 unspecified atom stereocenters. The molecule has 2 aromatic rings. The summed E-state index contributed by atoms with van der Waals surface area (Å²) in [5.74, 6) is -0.191. The fourth-order valence-corrected chi connectivity index (χ4v) is 5.01. The lowest BCUT2D eigenvalue weighted by atomic mass is 10.1. The Labute approximate surface area is 169 Å². The molecule has 1 heterocycles. The number of nitrogens with zero attached hydrogens (tertiary/aromatic N) is 1. The maximum Gasteiger partial charge on any atom is 0.261 e. The normalized spacial score (nSPS) is 18.0. The van der Waals surface area contributed by atoms with E-state index in [1.807, 2.05) is 6.92 Å². The van der Waals surface area contributed by atoms with Crippen molar-refractivity contribution in [2.75, 3.05) is 18.1 Å². The van der Waals surface area contributed by atoms with Crippen LogP contribution >= 0.6 is 11.6 Å². The van der Waals surface area contributed by atoms with E-state index in [9.17, 15) is 17.6 Å². The van der Waals surface area contributed by atoms with Crippen LogP contribution in [0, 0.1) is 12.7 Å². The van der Waals surface area contributed by atoms with Crippen molar-refractivity contribution in [3.63, 3.8) is 0 Å². The summed E-state index contributed by atoms with van der Waals surface area (Å²) in [6, 6.07) is 10.5. The minimum atomic E-state index is -3.16. The average molecular weight is 426 g/mol. The molecule has 150 valence electrons. The van der Waals surface area contributed by atoms with Crippen LogP contribution < -0.4 is 4.74 Å². The van der Waals surface area contributed by atoms with E-state index in [0.29, 0.717) is 17.2 Å². The number of rotatable bonds is 6. The van der Waals surface area contributed by atoms with Crippen LogP contribution in [0.25, 0.3) is 0 Å². The van der Waals surface area contributed by atoms with Gasteiger partial charge in [0.1, 0.15) is 11.6 Å². The maximum atomic E-state index is 13.2. The van der Waals surface area contributed by atoms with Gasteiger partial charge in [0.15, 0.2) is 16.4 Å². The van der Waals surface area contributed by atoms with Crippen LogP contribution in [0.2, 0.25) is 5.02 Å². The number of benzene rings is 2. The number of carbonyl (C=O) groups is 1. The first-order valence-corrected chi connectivity index (χ1v) is 11.1. The summed E-state index contributed by atoms with van der Waals surface area (Å²) < 4.78 is 42.5. The predicted molar refractivity (Wildman–Crippen MR) is 106 cm³/mol. The summed E-state index contributed by atoms with van der Waals surface area (Å²) >= 11 is 5.99. The van der Waals surface area contributed by atoms with Crippen LogP contribution in [0.1, 0.15) is 17.5 Å². The van der Waals surface area contributed by atoms with Gasteiger partial charge in [0, 0.05) is 17.6 Å². The maximum absolute atomic E-state index is 13.2. The molecule has 1 aliphatic heterocycles. The molecule has 0 aliphatic carbocycles. The second-order valence-electron chi connectivity index (χ2n) is 6.90. The summed E-state index contributed by atoms with van der Waals surface area (Å²) in [4.78, 5) is 14.4. The monoisotopic (exact) mass is 425 g/mol. The van der Waals surface area contributed by atoms with Gasteiger partial charge in [0.2, 0.25) is 0 Å². The van der Waals surface area contributed by atoms with Crippen molar-refractivity contribution in [3.8, 4) is 5.75 Å². The van der Waals surface area contributed by atoms with Crippen molar-refractivity contribution in [2.24, 2.45) is 0 Å². The molecule has 0 saturated carbocycles.